The Balaban J connectivity index is 1.53. The van der Waals surface area contributed by atoms with Crippen LogP contribution in [0.1, 0.15) is 56.0 Å². The Morgan fingerprint density at radius 1 is 1.33 bits per heavy atom. The van der Waals surface area contributed by atoms with Gasteiger partial charge in [0.1, 0.15) is 5.82 Å². The lowest BCUT2D eigenvalue weighted by Crippen LogP contribution is -2.31. The number of aromatic amines is 1. The maximum absolute atomic E-state index is 12.4. The number of carbonyl (C=O) groups is 1. The Hall–Kier alpha value is -1.82. The number of benzene rings is 1. The maximum atomic E-state index is 12.4. The molecule has 1 aromatic heterocycles. The SMILES string of the molecule is CC(c1ccccc1)N(C)C(=O)CSc1n[nH]c(C2CCCC2)n1. The molecule has 2 aromatic rings. The van der Waals surface area contributed by atoms with Crippen molar-refractivity contribution in [2.45, 2.75) is 49.7 Å². The summed E-state index contributed by atoms with van der Waals surface area (Å²) in [5, 5.41) is 7.97. The predicted molar refractivity (Wildman–Crippen MR) is 95.9 cm³/mol. The van der Waals surface area contributed by atoms with Gasteiger partial charge in [-0.25, -0.2) is 4.98 Å². The Bertz CT molecular complexity index is 667. The molecule has 1 aromatic carbocycles. The van der Waals surface area contributed by atoms with E-state index in [4.69, 9.17) is 0 Å². The first-order valence-electron chi connectivity index (χ1n) is 8.51. The number of hydrogen-bond acceptors (Lipinski definition) is 4. The number of aromatic nitrogens is 3. The van der Waals surface area contributed by atoms with Crippen molar-refractivity contribution in [1.82, 2.24) is 20.1 Å². The second-order valence-corrected chi connectivity index (χ2v) is 7.31. The Labute approximate surface area is 147 Å². The number of H-pyrrole nitrogens is 1. The Kier molecular flexibility index (Phi) is 5.56. The highest BCUT2D eigenvalue weighted by molar-refractivity contribution is 7.99. The molecule has 128 valence electrons. The minimum atomic E-state index is 0.0560. The number of carbonyl (C=O) groups excluding carboxylic acids is 1. The van der Waals surface area contributed by atoms with Crippen molar-refractivity contribution < 1.29 is 4.79 Å². The van der Waals surface area contributed by atoms with Gasteiger partial charge in [-0.1, -0.05) is 54.9 Å². The standard InChI is InChI=1S/C18H24N4OS/c1-13(14-8-4-3-5-9-14)22(2)16(23)12-24-18-19-17(20-21-18)15-10-6-7-11-15/h3-5,8-9,13,15H,6-7,10-12H2,1-2H3,(H,19,20,21). The quantitative estimate of drug-likeness (QED) is 0.810. The molecule has 5 nitrogen and oxygen atoms in total. The molecule has 0 saturated heterocycles. The van der Waals surface area contributed by atoms with Crippen LogP contribution in [0.25, 0.3) is 0 Å². The molecular weight excluding hydrogens is 320 g/mol. The lowest BCUT2D eigenvalue weighted by atomic mass is 10.1. The van der Waals surface area contributed by atoms with E-state index in [2.05, 4.69) is 15.2 Å². The molecule has 24 heavy (non-hydrogen) atoms. The Morgan fingerprint density at radius 2 is 2.04 bits per heavy atom. The second kappa shape index (κ2) is 7.83. The number of rotatable bonds is 6. The Morgan fingerprint density at radius 3 is 2.75 bits per heavy atom. The fourth-order valence-electron chi connectivity index (χ4n) is 3.10. The van der Waals surface area contributed by atoms with Crippen molar-refractivity contribution in [1.29, 1.82) is 0 Å². The fourth-order valence-corrected chi connectivity index (χ4v) is 3.83. The van der Waals surface area contributed by atoms with Crippen LogP contribution in [0.2, 0.25) is 0 Å². The first-order valence-corrected chi connectivity index (χ1v) is 9.49. The van der Waals surface area contributed by atoms with Crippen LogP contribution in [0.15, 0.2) is 35.5 Å². The number of hydrogen-bond donors (Lipinski definition) is 1. The average molecular weight is 344 g/mol. The van der Waals surface area contributed by atoms with Crippen molar-refractivity contribution >= 4 is 17.7 Å². The first-order chi connectivity index (χ1) is 11.6. The molecule has 0 bridgehead atoms. The largest absolute Gasteiger partial charge is 0.338 e. The van der Waals surface area contributed by atoms with Gasteiger partial charge >= 0.3 is 0 Å². The van der Waals surface area contributed by atoms with Gasteiger partial charge in [0.05, 0.1) is 11.8 Å². The van der Waals surface area contributed by atoms with Crippen molar-refractivity contribution in [2.24, 2.45) is 0 Å². The van der Waals surface area contributed by atoms with E-state index >= 15 is 0 Å². The average Bonchev–Trinajstić information content (AvgIpc) is 3.30. The van der Waals surface area contributed by atoms with E-state index in [1.54, 1.807) is 4.90 Å². The molecule has 1 amide bonds. The molecule has 1 atom stereocenters. The van der Waals surface area contributed by atoms with Crippen LogP contribution in [0.4, 0.5) is 0 Å². The van der Waals surface area contributed by atoms with Gasteiger partial charge in [-0.2, -0.15) is 0 Å². The molecule has 1 aliphatic carbocycles. The molecule has 0 spiro atoms. The van der Waals surface area contributed by atoms with Crippen LogP contribution >= 0.6 is 11.8 Å². The van der Waals surface area contributed by atoms with E-state index < -0.39 is 0 Å². The summed E-state index contributed by atoms with van der Waals surface area (Å²) >= 11 is 1.40. The van der Waals surface area contributed by atoms with Gasteiger partial charge in [0, 0.05) is 13.0 Å². The molecule has 1 unspecified atom stereocenters. The molecule has 1 heterocycles. The third-order valence-corrected chi connectivity index (χ3v) is 5.64. The molecule has 0 aliphatic heterocycles. The van der Waals surface area contributed by atoms with Crippen LogP contribution in [-0.4, -0.2) is 38.8 Å². The fraction of sp³-hybridized carbons (Fsp3) is 0.500. The monoisotopic (exact) mass is 344 g/mol. The van der Waals surface area contributed by atoms with E-state index in [-0.39, 0.29) is 11.9 Å². The molecule has 0 radical (unpaired) electrons. The molecule has 1 aliphatic rings. The third-order valence-electron chi connectivity index (χ3n) is 4.81. The van der Waals surface area contributed by atoms with Crippen LogP contribution in [0.5, 0.6) is 0 Å². The van der Waals surface area contributed by atoms with Crippen molar-refractivity contribution in [3.63, 3.8) is 0 Å². The van der Waals surface area contributed by atoms with Crippen molar-refractivity contribution in [3.8, 4) is 0 Å². The van der Waals surface area contributed by atoms with Crippen molar-refractivity contribution in [2.75, 3.05) is 12.8 Å². The van der Waals surface area contributed by atoms with E-state index in [0.29, 0.717) is 16.8 Å². The summed E-state index contributed by atoms with van der Waals surface area (Å²) in [5.41, 5.74) is 1.14. The zero-order chi connectivity index (χ0) is 16.9. The topological polar surface area (TPSA) is 61.9 Å². The van der Waals surface area contributed by atoms with Crippen LogP contribution in [-0.2, 0) is 4.79 Å². The maximum Gasteiger partial charge on any atom is 0.233 e. The molecule has 3 rings (SSSR count). The highest BCUT2D eigenvalue weighted by Gasteiger charge is 2.22. The summed E-state index contributed by atoms with van der Waals surface area (Å²) in [5.74, 6) is 1.94. The molecular formula is C18H24N4OS. The zero-order valence-corrected chi connectivity index (χ0v) is 15.1. The summed E-state index contributed by atoms with van der Waals surface area (Å²) in [4.78, 5) is 18.8. The molecule has 1 fully saturated rings. The van der Waals surface area contributed by atoms with E-state index in [1.165, 1.54) is 37.4 Å². The summed E-state index contributed by atoms with van der Waals surface area (Å²) in [6, 6.07) is 10.1. The van der Waals surface area contributed by atoms with E-state index in [0.717, 1.165) is 11.4 Å². The highest BCUT2D eigenvalue weighted by atomic mass is 32.2. The van der Waals surface area contributed by atoms with Gasteiger partial charge < -0.3 is 4.90 Å². The predicted octanol–water partition coefficient (Wildman–Crippen LogP) is 3.77. The lowest BCUT2D eigenvalue weighted by molar-refractivity contribution is -0.128. The molecule has 6 heteroatoms. The molecule has 1 N–H and O–H groups in total. The summed E-state index contributed by atoms with van der Waals surface area (Å²) in [6.07, 6.45) is 4.92. The minimum Gasteiger partial charge on any atom is -0.338 e. The van der Waals surface area contributed by atoms with Crippen LogP contribution in [0.3, 0.4) is 0 Å². The highest BCUT2D eigenvalue weighted by Crippen LogP contribution is 2.32. The van der Waals surface area contributed by atoms with Gasteiger partial charge in [-0.15, -0.1) is 5.10 Å². The number of nitrogens with zero attached hydrogens (tertiary/aromatic N) is 3. The zero-order valence-electron chi connectivity index (χ0n) is 14.2. The van der Waals surface area contributed by atoms with Crippen LogP contribution in [0, 0.1) is 0 Å². The normalized spacial score (nSPS) is 16.2. The molecule has 1 saturated carbocycles. The summed E-state index contributed by atoms with van der Waals surface area (Å²) in [6.45, 7) is 2.04. The number of amides is 1. The third kappa shape index (κ3) is 3.98. The van der Waals surface area contributed by atoms with Crippen molar-refractivity contribution in [3.05, 3.63) is 41.7 Å². The minimum absolute atomic E-state index is 0.0560. The smallest absolute Gasteiger partial charge is 0.233 e. The summed E-state index contributed by atoms with van der Waals surface area (Å²) in [7, 11) is 1.85. The van der Waals surface area contributed by atoms with Gasteiger partial charge in [0.15, 0.2) is 0 Å². The van der Waals surface area contributed by atoms with Crippen LogP contribution < -0.4 is 0 Å². The first kappa shape index (κ1) is 17.0. The van der Waals surface area contributed by atoms with Gasteiger partial charge in [0.2, 0.25) is 11.1 Å². The number of thioether (sulfide) groups is 1. The van der Waals surface area contributed by atoms with Gasteiger partial charge in [0.25, 0.3) is 0 Å². The second-order valence-electron chi connectivity index (χ2n) is 6.36. The lowest BCUT2D eigenvalue weighted by Gasteiger charge is -2.25. The van der Waals surface area contributed by atoms with Gasteiger partial charge in [-0.05, 0) is 25.3 Å². The van der Waals surface area contributed by atoms with Gasteiger partial charge in [-0.3, -0.25) is 9.89 Å². The summed E-state index contributed by atoms with van der Waals surface area (Å²) < 4.78 is 0. The number of nitrogens with one attached hydrogen (secondary N) is 1. The van der Waals surface area contributed by atoms with E-state index in [1.807, 2.05) is 44.3 Å². The van der Waals surface area contributed by atoms with E-state index in [9.17, 15) is 4.79 Å².